The van der Waals surface area contributed by atoms with Crippen molar-refractivity contribution in [2.75, 3.05) is 0 Å². The Balaban J connectivity index is 3.11. The monoisotopic (exact) mass is 241 g/mol. The lowest BCUT2D eigenvalue weighted by Gasteiger charge is -2.19. The van der Waals surface area contributed by atoms with Crippen molar-refractivity contribution in [2.24, 2.45) is 5.92 Å². The van der Waals surface area contributed by atoms with Gasteiger partial charge in [-0.2, -0.15) is 0 Å². The zero-order valence-electron chi connectivity index (χ0n) is 11.9. The van der Waals surface area contributed by atoms with Crippen molar-refractivity contribution in [1.29, 1.82) is 0 Å². The van der Waals surface area contributed by atoms with Crippen LogP contribution in [0.15, 0.2) is 60.5 Å². The van der Waals surface area contributed by atoms with Gasteiger partial charge in [-0.1, -0.05) is 57.3 Å². The molecule has 0 aliphatic carbocycles. The summed E-state index contributed by atoms with van der Waals surface area (Å²) in [7, 11) is 0. The van der Waals surface area contributed by atoms with E-state index in [2.05, 4.69) is 51.4 Å². The first-order valence-electron chi connectivity index (χ1n) is 6.31. The van der Waals surface area contributed by atoms with Gasteiger partial charge in [0, 0.05) is 11.4 Å². The lowest BCUT2D eigenvalue weighted by molar-refractivity contribution is 0.707. The summed E-state index contributed by atoms with van der Waals surface area (Å²) < 4.78 is 0. The van der Waals surface area contributed by atoms with E-state index in [4.69, 9.17) is 0 Å². The lowest BCUT2D eigenvalue weighted by Crippen LogP contribution is -2.17. The number of benzene rings is 1. The molecule has 1 N–H and O–H groups in total. The molecular formula is C17H23N. The van der Waals surface area contributed by atoms with Crippen molar-refractivity contribution in [3.63, 3.8) is 0 Å². The molecule has 0 atom stereocenters. The Bertz CT molecular complexity index is 464. The smallest absolute Gasteiger partial charge is 0.0441 e. The topological polar surface area (TPSA) is 12.0 Å². The van der Waals surface area contributed by atoms with Crippen LogP contribution in [0.1, 0.15) is 33.3 Å². The summed E-state index contributed by atoms with van der Waals surface area (Å²) in [4.78, 5) is 0. The first kappa shape index (κ1) is 14.3. The Labute approximate surface area is 111 Å². The summed E-state index contributed by atoms with van der Waals surface area (Å²) in [5.74, 6) is 0.405. The van der Waals surface area contributed by atoms with Gasteiger partial charge in [0.05, 0.1) is 0 Å². The molecule has 0 heterocycles. The van der Waals surface area contributed by atoms with E-state index < -0.39 is 0 Å². The number of allylic oxidation sites excluding steroid dienone is 3. The molecule has 0 aliphatic heterocycles. The number of nitrogens with one attached hydrogen (secondary N) is 1. The molecule has 1 aromatic carbocycles. The van der Waals surface area contributed by atoms with E-state index in [1.807, 2.05) is 25.1 Å². The highest BCUT2D eigenvalue weighted by atomic mass is 14.9. The summed E-state index contributed by atoms with van der Waals surface area (Å²) in [5, 5.41) is 3.40. The average Bonchev–Trinajstić information content (AvgIpc) is 2.35. The molecule has 0 fully saturated rings. The molecule has 0 bridgehead atoms. The normalized spacial score (nSPS) is 12.1. The fourth-order valence-electron chi connectivity index (χ4n) is 1.66. The molecule has 0 aromatic heterocycles. The van der Waals surface area contributed by atoms with Gasteiger partial charge in [-0.25, -0.2) is 0 Å². The molecule has 1 rings (SSSR count). The van der Waals surface area contributed by atoms with Crippen LogP contribution >= 0.6 is 0 Å². The quantitative estimate of drug-likeness (QED) is 0.733. The third kappa shape index (κ3) is 3.63. The second-order valence-electron chi connectivity index (χ2n) is 4.95. The van der Waals surface area contributed by atoms with Gasteiger partial charge < -0.3 is 5.32 Å². The lowest BCUT2D eigenvalue weighted by atomic mass is 10.0. The van der Waals surface area contributed by atoms with Gasteiger partial charge in [-0.3, -0.25) is 0 Å². The molecule has 0 spiro atoms. The van der Waals surface area contributed by atoms with Gasteiger partial charge in [-0.15, -0.1) is 0 Å². The van der Waals surface area contributed by atoms with Crippen molar-refractivity contribution in [1.82, 2.24) is 5.32 Å². The predicted octanol–water partition coefficient (Wildman–Crippen LogP) is 4.75. The van der Waals surface area contributed by atoms with Gasteiger partial charge in [0.1, 0.15) is 0 Å². The molecule has 1 heteroatoms. The molecule has 1 nitrogen and oxygen atoms in total. The Hall–Kier alpha value is -1.76. The molecule has 0 saturated heterocycles. The summed E-state index contributed by atoms with van der Waals surface area (Å²) in [6.45, 7) is 16.5. The molecule has 1 aromatic rings. The van der Waals surface area contributed by atoms with Crippen LogP contribution in [0.4, 0.5) is 0 Å². The van der Waals surface area contributed by atoms with Gasteiger partial charge in [0.25, 0.3) is 0 Å². The zero-order valence-corrected chi connectivity index (χ0v) is 11.9. The van der Waals surface area contributed by atoms with E-state index in [0.29, 0.717) is 5.92 Å². The van der Waals surface area contributed by atoms with Gasteiger partial charge in [-0.05, 0) is 36.5 Å². The minimum Gasteiger partial charge on any atom is -0.359 e. The summed E-state index contributed by atoms with van der Waals surface area (Å²) in [5.41, 5.74) is 5.52. The van der Waals surface area contributed by atoms with Gasteiger partial charge in [0.2, 0.25) is 0 Å². The SMILES string of the molecule is C=C(C)/C(NC(=C)C(C)C)=C(/C)c1ccccc1. The van der Waals surface area contributed by atoms with Crippen LogP contribution in [0, 0.1) is 5.92 Å². The third-order valence-electron chi connectivity index (χ3n) is 2.99. The fourth-order valence-corrected chi connectivity index (χ4v) is 1.66. The molecule has 0 amide bonds. The first-order chi connectivity index (χ1) is 8.43. The maximum Gasteiger partial charge on any atom is 0.0441 e. The minimum absolute atomic E-state index is 0.405. The van der Waals surface area contributed by atoms with Crippen LogP contribution in [0.2, 0.25) is 0 Å². The van der Waals surface area contributed by atoms with E-state index in [-0.39, 0.29) is 0 Å². The van der Waals surface area contributed by atoms with Crippen LogP contribution < -0.4 is 5.32 Å². The van der Waals surface area contributed by atoms with E-state index in [1.54, 1.807) is 0 Å². The molecule has 96 valence electrons. The highest BCUT2D eigenvalue weighted by Crippen LogP contribution is 2.22. The summed E-state index contributed by atoms with van der Waals surface area (Å²) in [6, 6.07) is 10.3. The molecule has 18 heavy (non-hydrogen) atoms. The molecular weight excluding hydrogens is 218 g/mol. The summed E-state index contributed by atoms with van der Waals surface area (Å²) in [6.07, 6.45) is 0. The summed E-state index contributed by atoms with van der Waals surface area (Å²) >= 11 is 0. The largest absolute Gasteiger partial charge is 0.359 e. The van der Waals surface area contributed by atoms with Gasteiger partial charge in [0.15, 0.2) is 0 Å². The molecule has 0 unspecified atom stereocenters. The Morgan fingerprint density at radius 2 is 1.61 bits per heavy atom. The highest BCUT2D eigenvalue weighted by molar-refractivity contribution is 5.70. The van der Waals surface area contributed by atoms with Crippen LogP contribution in [0.3, 0.4) is 0 Å². The Morgan fingerprint density at radius 1 is 1.06 bits per heavy atom. The fraction of sp³-hybridized carbons (Fsp3) is 0.294. The number of rotatable bonds is 5. The molecule has 0 saturated carbocycles. The maximum atomic E-state index is 4.07. The Morgan fingerprint density at radius 3 is 2.06 bits per heavy atom. The zero-order chi connectivity index (χ0) is 13.7. The van der Waals surface area contributed by atoms with E-state index in [1.165, 1.54) is 11.1 Å². The van der Waals surface area contributed by atoms with Crippen molar-refractivity contribution in [3.05, 3.63) is 66.0 Å². The van der Waals surface area contributed by atoms with Crippen molar-refractivity contribution >= 4 is 5.57 Å². The van der Waals surface area contributed by atoms with Crippen LogP contribution in [-0.4, -0.2) is 0 Å². The molecule has 0 aliphatic rings. The van der Waals surface area contributed by atoms with Gasteiger partial charge >= 0.3 is 0 Å². The minimum atomic E-state index is 0.405. The first-order valence-corrected chi connectivity index (χ1v) is 6.31. The van der Waals surface area contributed by atoms with Crippen molar-refractivity contribution in [3.8, 4) is 0 Å². The van der Waals surface area contributed by atoms with E-state index >= 15 is 0 Å². The third-order valence-corrected chi connectivity index (χ3v) is 2.99. The van der Waals surface area contributed by atoms with Crippen LogP contribution in [-0.2, 0) is 0 Å². The van der Waals surface area contributed by atoms with Crippen molar-refractivity contribution in [2.45, 2.75) is 27.7 Å². The second kappa shape index (κ2) is 6.25. The average molecular weight is 241 g/mol. The van der Waals surface area contributed by atoms with Crippen LogP contribution in [0.25, 0.3) is 5.57 Å². The predicted molar refractivity (Wildman–Crippen MR) is 81.0 cm³/mol. The second-order valence-corrected chi connectivity index (χ2v) is 4.95. The van der Waals surface area contributed by atoms with Crippen LogP contribution in [0.5, 0.6) is 0 Å². The standard InChI is InChI=1S/C17H23N/c1-12(2)15(6)18-17(13(3)4)14(5)16-10-8-7-9-11-16/h7-12,18H,3,6H2,1-2,4-5H3/b17-14+. The highest BCUT2D eigenvalue weighted by Gasteiger charge is 2.08. The number of hydrogen-bond donors (Lipinski definition) is 1. The maximum absolute atomic E-state index is 4.07. The van der Waals surface area contributed by atoms with Crippen molar-refractivity contribution < 1.29 is 0 Å². The number of hydrogen-bond acceptors (Lipinski definition) is 1. The van der Waals surface area contributed by atoms with E-state index in [0.717, 1.165) is 17.0 Å². The Kier molecular flexibility index (Phi) is 4.96. The van der Waals surface area contributed by atoms with E-state index in [9.17, 15) is 0 Å². The molecule has 0 radical (unpaired) electrons.